The Bertz CT molecular complexity index is 800. The van der Waals surface area contributed by atoms with E-state index in [-0.39, 0.29) is 17.4 Å². The summed E-state index contributed by atoms with van der Waals surface area (Å²) in [5.41, 5.74) is 0.794. The lowest BCUT2D eigenvalue weighted by Crippen LogP contribution is -2.14. The van der Waals surface area contributed by atoms with Gasteiger partial charge in [0.25, 0.3) is 5.91 Å². The second-order valence-electron chi connectivity index (χ2n) is 5.81. The number of benzene rings is 2. The van der Waals surface area contributed by atoms with Crippen molar-refractivity contribution < 1.29 is 24.5 Å². The predicted molar refractivity (Wildman–Crippen MR) is 94.6 cm³/mol. The Hall–Kier alpha value is -3.02. The number of carboxylic acids is 1. The second kappa shape index (κ2) is 7.70. The lowest BCUT2D eigenvalue weighted by atomic mass is 10.1. The average molecular weight is 343 g/mol. The van der Waals surface area contributed by atoms with Crippen molar-refractivity contribution in [3.05, 3.63) is 53.1 Å². The molecular weight excluding hydrogens is 322 g/mol. The number of aryl methyl sites for hydroxylation is 1. The van der Waals surface area contributed by atoms with Gasteiger partial charge in [0.1, 0.15) is 17.1 Å². The molecule has 0 saturated carbocycles. The maximum absolute atomic E-state index is 12.4. The molecule has 25 heavy (non-hydrogen) atoms. The number of carbonyl (C=O) groups is 2. The van der Waals surface area contributed by atoms with Gasteiger partial charge < -0.3 is 20.3 Å². The van der Waals surface area contributed by atoms with Gasteiger partial charge in [0.05, 0.1) is 6.10 Å². The van der Waals surface area contributed by atoms with E-state index in [2.05, 4.69) is 5.32 Å². The van der Waals surface area contributed by atoms with Gasteiger partial charge in [0, 0.05) is 11.3 Å². The number of ether oxygens (including phenoxy) is 1. The maximum atomic E-state index is 12.4. The van der Waals surface area contributed by atoms with Gasteiger partial charge in [-0.25, -0.2) is 4.79 Å². The SMILES string of the molecule is CC[C@@H](C)Oc1cccc(C(=O)Nc2cc(C)c(O)c(C(=O)O)c2)c1. The Labute approximate surface area is 146 Å². The summed E-state index contributed by atoms with van der Waals surface area (Å²) in [4.78, 5) is 23.6. The molecular formula is C19H21NO5. The Kier molecular flexibility index (Phi) is 5.64. The monoisotopic (exact) mass is 343 g/mol. The molecule has 0 aliphatic rings. The van der Waals surface area contributed by atoms with Crippen LogP contribution in [0.25, 0.3) is 0 Å². The molecule has 132 valence electrons. The number of carboxylic acid groups (broad SMARTS) is 1. The summed E-state index contributed by atoms with van der Waals surface area (Å²) in [6, 6.07) is 9.51. The molecule has 0 radical (unpaired) electrons. The number of phenols is 1. The first-order valence-corrected chi connectivity index (χ1v) is 7.96. The number of aromatic carboxylic acids is 1. The van der Waals surface area contributed by atoms with Crippen molar-refractivity contribution in [2.75, 3.05) is 5.32 Å². The molecule has 0 fully saturated rings. The van der Waals surface area contributed by atoms with Crippen LogP contribution in [0.5, 0.6) is 11.5 Å². The molecule has 2 aromatic carbocycles. The minimum absolute atomic E-state index is 0.0381. The highest BCUT2D eigenvalue weighted by Crippen LogP contribution is 2.27. The standard InChI is InChI=1S/C19H21NO5/c1-4-12(3)25-15-7-5-6-13(9-15)18(22)20-14-8-11(2)17(21)16(10-14)19(23)24/h5-10,12,21H,4H2,1-3H3,(H,20,22)(H,23,24)/t12-/m1/s1. The molecule has 3 N–H and O–H groups in total. The minimum atomic E-state index is -1.26. The third kappa shape index (κ3) is 4.50. The number of anilines is 1. The Balaban J connectivity index is 2.23. The summed E-state index contributed by atoms with van der Waals surface area (Å²) in [5.74, 6) is -1.37. The van der Waals surface area contributed by atoms with Crippen molar-refractivity contribution in [1.29, 1.82) is 0 Å². The van der Waals surface area contributed by atoms with Crippen LogP contribution in [0.15, 0.2) is 36.4 Å². The highest BCUT2D eigenvalue weighted by Gasteiger charge is 2.15. The van der Waals surface area contributed by atoms with Crippen molar-refractivity contribution in [3.8, 4) is 11.5 Å². The predicted octanol–water partition coefficient (Wildman–Crippen LogP) is 3.83. The zero-order valence-electron chi connectivity index (χ0n) is 14.4. The van der Waals surface area contributed by atoms with Gasteiger partial charge in [-0.2, -0.15) is 0 Å². The van der Waals surface area contributed by atoms with Crippen LogP contribution in [0.4, 0.5) is 5.69 Å². The Morgan fingerprint density at radius 1 is 1.24 bits per heavy atom. The molecule has 0 aliphatic heterocycles. The summed E-state index contributed by atoms with van der Waals surface area (Å²) >= 11 is 0. The van der Waals surface area contributed by atoms with Crippen LogP contribution in [0.3, 0.4) is 0 Å². The molecule has 0 aliphatic carbocycles. The van der Waals surface area contributed by atoms with Crippen LogP contribution >= 0.6 is 0 Å². The molecule has 0 saturated heterocycles. The largest absolute Gasteiger partial charge is 0.507 e. The molecule has 6 nitrogen and oxygen atoms in total. The molecule has 6 heteroatoms. The third-order valence-electron chi connectivity index (χ3n) is 3.80. The summed E-state index contributed by atoms with van der Waals surface area (Å²) in [7, 11) is 0. The van der Waals surface area contributed by atoms with E-state index in [0.717, 1.165) is 6.42 Å². The first kappa shape index (κ1) is 18.3. The highest BCUT2D eigenvalue weighted by atomic mass is 16.5. The topological polar surface area (TPSA) is 95.9 Å². The fraction of sp³-hybridized carbons (Fsp3) is 0.263. The number of aromatic hydroxyl groups is 1. The maximum Gasteiger partial charge on any atom is 0.339 e. The fourth-order valence-corrected chi connectivity index (χ4v) is 2.24. The van der Waals surface area contributed by atoms with Gasteiger partial charge in [-0.3, -0.25) is 4.79 Å². The van der Waals surface area contributed by atoms with Gasteiger partial charge in [0.2, 0.25) is 0 Å². The van der Waals surface area contributed by atoms with E-state index in [1.165, 1.54) is 12.1 Å². The minimum Gasteiger partial charge on any atom is -0.507 e. The van der Waals surface area contributed by atoms with Crippen molar-refractivity contribution in [2.45, 2.75) is 33.3 Å². The van der Waals surface area contributed by atoms with Gasteiger partial charge in [0.15, 0.2) is 0 Å². The van der Waals surface area contributed by atoms with E-state index in [1.807, 2.05) is 13.8 Å². The third-order valence-corrected chi connectivity index (χ3v) is 3.80. The van der Waals surface area contributed by atoms with Crippen molar-refractivity contribution in [1.82, 2.24) is 0 Å². The summed E-state index contributed by atoms with van der Waals surface area (Å²) in [5, 5.41) is 21.5. The van der Waals surface area contributed by atoms with Crippen LogP contribution in [0.1, 0.15) is 46.5 Å². The van der Waals surface area contributed by atoms with E-state index in [1.54, 1.807) is 31.2 Å². The summed E-state index contributed by atoms with van der Waals surface area (Å²) < 4.78 is 5.70. The zero-order valence-corrected chi connectivity index (χ0v) is 14.4. The smallest absolute Gasteiger partial charge is 0.339 e. The van der Waals surface area contributed by atoms with E-state index in [4.69, 9.17) is 9.84 Å². The molecule has 0 heterocycles. The summed E-state index contributed by atoms with van der Waals surface area (Å²) in [6.07, 6.45) is 0.887. The molecule has 2 rings (SSSR count). The zero-order chi connectivity index (χ0) is 18.6. The summed E-state index contributed by atoms with van der Waals surface area (Å²) in [6.45, 7) is 5.52. The van der Waals surface area contributed by atoms with Gasteiger partial charge in [-0.15, -0.1) is 0 Å². The molecule has 1 amide bonds. The quantitative estimate of drug-likeness (QED) is 0.693. The number of hydrogen-bond donors (Lipinski definition) is 3. The van der Waals surface area contributed by atoms with Crippen LogP contribution in [-0.4, -0.2) is 28.2 Å². The molecule has 2 aromatic rings. The first-order chi connectivity index (χ1) is 11.8. The number of hydrogen-bond acceptors (Lipinski definition) is 4. The van der Waals surface area contributed by atoms with E-state index in [9.17, 15) is 14.7 Å². The fourth-order valence-electron chi connectivity index (χ4n) is 2.24. The van der Waals surface area contributed by atoms with Crippen LogP contribution in [0.2, 0.25) is 0 Å². The molecule has 0 aromatic heterocycles. The lowest BCUT2D eigenvalue weighted by molar-refractivity contribution is 0.0693. The van der Waals surface area contributed by atoms with Crippen LogP contribution < -0.4 is 10.1 Å². The van der Waals surface area contributed by atoms with E-state index < -0.39 is 11.9 Å². The van der Waals surface area contributed by atoms with E-state index >= 15 is 0 Å². The first-order valence-electron chi connectivity index (χ1n) is 7.96. The molecule has 0 unspecified atom stereocenters. The van der Waals surface area contributed by atoms with Gasteiger partial charge in [-0.05, 0) is 56.2 Å². The van der Waals surface area contributed by atoms with E-state index in [0.29, 0.717) is 22.6 Å². The molecule has 1 atom stereocenters. The van der Waals surface area contributed by atoms with Crippen molar-refractivity contribution >= 4 is 17.6 Å². The van der Waals surface area contributed by atoms with Crippen molar-refractivity contribution in [3.63, 3.8) is 0 Å². The van der Waals surface area contributed by atoms with Gasteiger partial charge >= 0.3 is 5.97 Å². The molecule has 0 bridgehead atoms. The lowest BCUT2D eigenvalue weighted by Gasteiger charge is -2.14. The molecule has 0 spiro atoms. The number of nitrogens with one attached hydrogen (secondary N) is 1. The average Bonchev–Trinajstić information content (AvgIpc) is 2.57. The Morgan fingerprint density at radius 2 is 1.96 bits per heavy atom. The van der Waals surface area contributed by atoms with Crippen LogP contribution in [0, 0.1) is 6.92 Å². The second-order valence-corrected chi connectivity index (χ2v) is 5.81. The number of carbonyl (C=O) groups excluding carboxylic acids is 1. The highest BCUT2D eigenvalue weighted by molar-refractivity contribution is 6.05. The number of amides is 1. The Morgan fingerprint density at radius 3 is 2.60 bits per heavy atom. The van der Waals surface area contributed by atoms with Crippen LogP contribution in [-0.2, 0) is 0 Å². The normalized spacial score (nSPS) is 11.6. The van der Waals surface area contributed by atoms with Crippen molar-refractivity contribution in [2.24, 2.45) is 0 Å². The number of rotatable bonds is 6. The van der Waals surface area contributed by atoms with Gasteiger partial charge in [-0.1, -0.05) is 13.0 Å².